The Kier molecular flexibility index (Phi) is 3.21. The molecule has 0 fully saturated rings. The minimum atomic E-state index is -1.34. The van der Waals surface area contributed by atoms with Crippen LogP contribution in [0.2, 0.25) is 0 Å². The number of hydrogen-bond acceptors (Lipinski definition) is 3. The highest BCUT2D eigenvalue weighted by molar-refractivity contribution is 5.86. The van der Waals surface area contributed by atoms with Gasteiger partial charge in [0.15, 0.2) is 0 Å². The van der Waals surface area contributed by atoms with Crippen molar-refractivity contribution in [2.45, 2.75) is 0 Å². The first-order valence-electron chi connectivity index (χ1n) is 5.13. The highest BCUT2D eigenvalue weighted by Crippen LogP contribution is 2.24. The van der Waals surface area contributed by atoms with Gasteiger partial charge in [-0.15, -0.1) is 0 Å². The molecule has 0 amide bonds. The maximum atomic E-state index is 13.7. The fourth-order valence-corrected chi connectivity index (χ4v) is 1.53. The Labute approximate surface area is 106 Å². The average molecular weight is 260 g/mol. The van der Waals surface area contributed by atoms with E-state index in [0.717, 1.165) is 18.2 Å². The molecule has 1 aromatic carbocycles. The van der Waals surface area contributed by atoms with Crippen LogP contribution in [0.5, 0.6) is 0 Å². The van der Waals surface area contributed by atoms with Gasteiger partial charge >= 0.3 is 5.97 Å². The molecule has 19 heavy (non-hydrogen) atoms. The average Bonchev–Trinajstić information content (AvgIpc) is 2.39. The van der Waals surface area contributed by atoms with Crippen molar-refractivity contribution >= 4 is 5.97 Å². The molecular formula is C13H6F2N2O2. The van der Waals surface area contributed by atoms with Crippen LogP contribution in [-0.4, -0.2) is 16.1 Å². The molecule has 0 spiro atoms. The van der Waals surface area contributed by atoms with Gasteiger partial charge in [0.05, 0.1) is 11.6 Å². The topological polar surface area (TPSA) is 74.0 Å². The molecule has 1 N–H and O–H groups in total. The lowest BCUT2D eigenvalue weighted by atomic mass is 10.1. The third kappa shape index (κ3) is 2.40. The van der Waals surface area contributed by atoms with Gasteiger partial charge in [0.25, 0.3) is 0 Å². The van der Waals surface area contributed by atoms with E-state index in [-0.39, 0.29) is 16.8 Å². The third-order valence-corrected chi connectivity index (χ3v) is 2.42. The number of pyridine rings is 1. The van der Waals surface area contributed by atoms with Gasteiger partial charge in [-0.3, -0.25) is 0 Å². The predicted octanol–water partition coefficient (Wildman–Crippen LogP) is 2.60. The van der Waals surface area contributed by atoms with Crippen LogP contribution in [0, 0.1) is 23.0 Å². The predicted molar refractivity (Wildman–Crippen MR) is 61.3 cm³/mol. The summed E-state index contributed by atoms with van der Waals surface area (Å²) in [6.45, 7) is 0. The van der Waals surface area contributed by atoms with Gasteiger partial charge in [-0.25, -0.2) is 18.6 Å². The Balaban J connectivity index is 2.62. The van der Waals surface area contributed by atoms with E-state index in [2.05, 4.69) is 4.98 Å². The van der Waals surface area contributed by atoms with E-state index < -0.39 is 23.3 Å². The lowest BCUT2D eigenvalue weighted by Gasteiger charge is -2.05. The van der Waals surface area contributed by atoms with Crippen LogP contribution in [0.25, 0.3) is 11.3 Å². The lowest BCUT2D eigenvalue weighted by Crippen LogP contribution is -2.03. The molecule has 0 aliphatic heterocycles. The molecule has 0 saturated carbocycles. The van der Waals surface area contributed by atoms with Crippen molar-refractivity contribution in [3.05, 3.63) is 53.2 Å². The van der Waals surface area contributed by atoms with Crippen LogP contribution in [0.4, 0.5) is 8.78 Å². The molecule has 0 atom stereocenters. The number of aromatic nitrogens is 1. The molecule has 2 rings (SSSR count). The number of carboxylic acids is 1. The molecule has 6 heteroatoms. The second-order valence-electron chi connectivity index (χ2n) is 3.64. The van der Waals surface area contributed by atoms with Gasteiger partial charge in [-0.1, -0.05) is 0 Å². The van der Waals surface area contributed by atoms with Crippen molar-refractivity contribution in [2.75, 3.05) is 0 Å². The Bertz CT molecular complexity index is 708. The molecule has 0 saturated heterocycles. The minimum Gasteiger partial charge on any atom is -0.477 e. The second-order valence-corrected chi connectivity index (χ2v) is 3.64. The summed E-state index contributed by atoms with van der Waals surface area (Å²) in [5.41, 5.74) is -0.905. The van der Waals surface area contributed by atoms with Crippen molar-refractivity contribution in [3.63, 3.8) is 0 Å². The number of benzene rings is 1. The van der Waals surface area contributed by atoms with E-state index in [1.54, 1.807) is 6.07 Å². The van der Waals surface area contributed by atoms with Gasteiger partial charge in [-0.05, 0) is 30.3 Å². The number of aromatic carboxylic acids is 1. The van der Waals surface area contributed by atoms with E-state index in [4.69, 9.17) is 10.4 Å². The highest BCUT2D eigenvalue weighted by Gasteiger charge is 2.15. The molecular weight excluding hydrogens is 254 g/mol. The SMILES string of the molecule is N#Cc1ccc(-c2nc(C(=O)O)ccc2F)c(F)c1. The zero-order valence-electron chi connectivity index (χ0n) is 9.39. The third-order valence-electron chi connectivity index (χ3n) is 2.42. The van der Waals surface area contributed by atoms with Crippen LogP contribution in [0.15, 0.2) is 30.3 Å². The quantitative estimate of drug-likeness (QED) is 0.900. The molecule has 1 aromatic heterocycles. The van der Waals surface area contributed by atoms with Crippen molar-refractivity contribution < 1.29 is 18.7 Å². The molecule has 2 aromatic rings. The number of carbonyl (C=O) groups is 1. The highest BCUT2D eigenvalue weighted by atomic mass is 19.1. The zero-order chi connectivity index (χ0) is 14.0. The second kappa shape index (κ2) is 4.82. The number of nitrogens with zero attached hydrogens (tertiary/aromatic N) is 2. The summed E-state index contributed by atoms with van der Waals surface area (Å²) < 4.78 is 27.3. The number of carboxylic acid groups (broad SMARTS) is 1. The summed E-state index contributed by atoms with van der Waals surface area (Å²) in [7, 11) is 0. The van der Waals surface area contributed by atoms with Crippen LogP contribution in [0.3, 0.4) is 0 Å². The summed E-state index contributed by atoms with van der Waals surface area (Å²) in [6.07, 6.45) is 0. The van der Waals surface area contributed by atoms with Gasteiger partial charge < -0.3 is 5.11 Å². The molecule has 0 aliphatic rings. The van der Waals surface area contributed by atoms with Crippen LogP contribution >= 0.6 is 0 Å². The maximum absolute atomic E-state index is 13.7. The normalized spacial score (nSPS) is 9.95. The van der Waals surface area contributed by atoms with Crippen LogP contribution < -0.4 is 0 Å². The first-order valence-corrected chi connectivity index (χ1v) is 5.13. The van der Waals surface area contributed by atoms with Gasteiger partial charge in [0.1, 0.15) is 23.0 Å². The Morgan fingerprint density at radius 1 is 1.21 bits per heavy atom. The summed E-state index contributed by atoms with van der Waals surface area (Å²) >= 11 is 0. The van der Waals surface area contributed by atoms with E-state index >= 15 is 0 Å². The van der Waals surface area contributed by atoms with Crippen molar-refractivity contribution in [1.29, 1.82) is 5.26 Å². The minimum absolute atomic E-state index is 0.0797. The van der Waals surface area contributed by atoms with Crippen molar-refractivity contribution in [2.24, 2.45) is 0 Å². The lowest BCUT2D eigenvalue weighted by molar-refractivity contribution is 0.0690. The summed E-state index contributed by atoms with van der Waals surface area (Å²) in [6, 6.07) is 7.06. The standard InChI is InChI=1S/C13H6F2N2O2/c14-9-3-4-11(13(18)19)17-12(9)8-2-1-7(6-16)5-10(8)15/h1-5H,(H,18,19). The smallest absolute Gasteiger partial charge is 0.354 e. The van der Waals surface area contributed by atoms with Gasteiger partial charge in [0, 0.05) is 5.56 Å². The summed E-state index contributed by atoms with van der Waals surface area (Å²) in [5, 5.41) is 17.4. The molecule has 1 heterocycles. The Morgan fingerprint density at radius 3 is 2.53 bits per heavy atom. The molecule has 0 unspecified atom stereocenters. The Hall–Kier alpha value is -2.81. The number of nitriles is 1. The van der Waals surface area contributed by atoms with E-state index in [0.29, 0.717) is 0 Å². The number of hydrogen-bond donors (Lipinski definition) is 1. The van der Waals surface area contributed by atoms with E-state index in [9.17, 15) is 13.6 Å². The molecule has 0 aliphatic carbocycles. The van der Waals surface area contributed by atoms with E-state index in [1.165, 1.54) is 12.1 Å². The monoisotopic (exact) mass is 260 g/mol. The molecule has 0 radical (unpaired) electrons. The summed E-state index contributed by atoms with van der Waals surface area (Å²) in [4.78, 5) is 14.3. The van der Waals surface area contributed by atoms with Gasteiger partial charge in [-0.2, -0.15) is 5.26 Å². The van der Waals surface area contributed by atoms with Crippen LogP contribution in [0.1, 0.15) is 16.1 Å². The molecule has 0 bridgehead atoms. The first-order chi connectivity index (χ1) is 9.02. The maximum Gasteiger partial charge on any atom is 0.354 e. The first kappa shape index (κ1) is 12.6. The fourth-order valence-electron chi connectivity index (χ4n) is 1.53. The van der Waals surface area contributed by atoms with Gasteiger partial charge in [0.2, 0.25) is 0 Å². The molecule has 94 valence electrons. The summed E-state index contributed by atoms with van der Waals surface area (Å²) in [5.74, 6) is -3.02. The van der Waals surface area contributed by atoms with Crippen molar-refractivity contribution in [3.8, 4) is 17.3 Å². The van der Waals surface area contributed by atoms with Crippen molar-refractivity contribution in [1.82, 2.24) is 4.98 Å². The zero-order valence-corrected chi connectivity index (χ0v) is 9.39. The molecule has 4 nitrogen and oxygen atoms in total. The number of rotatable bonds is 2. The van der Waals surface area contributed by atoms with Crippen LogP contribution in [-0.2, 0) is 0 Å². The fraction of sp³-hybridized carbons (Fsp3) is 0. The largest absolute Gasteiger partial charge is 0.477 e. The van der Waals surface area contributed by atoms with E-state index in [1.807, 2.05) is 0 Å². The number of halogens is 2. The Morgan fingerprint density at radius 2 is 1.95 bits per heavy atom.